The van der Waals surface area contributed by atoms with Gasteiger partial charge < -0.3 is 9.47 Å². The van der Waals surface area contributed by atoms with Crippen molar-refractivity contribution in [2.75, 3.05) is 25.3 Å². The van der Waals surface area contributed by atoms with Crippen LogP contribution in [0, 0.1) is 13.8 Å². The molecule has 0 bridgehead atoms. The molecular formula is C20H26N4O2. The third kappa shape index (κ3) is 4.14. The molecule has 0 aliphatic carbocycles. The van der Waals surface area contributed by atoms with Gasteiger partial charge in [-0.3, -0.25) is 5.01 Å². The number of nitrogens with zero attached hydrogens (tertiary/aromatic N) is 4. The Morgan fingerprint density at radius 1 is 1.04 bits per heavy atom. The minimum Gasteiger partial charge on any atom is -0.489 e. The van der Waals surface area contributed by atoms with E-state index in [1.54, 1.807) is 5.01 Å². The van der Waals surface area contributed by atoms with Gasteiger partial charge in [0.15, 0.2) is 0 Å². The van der Waals surface area contributed by atoms with E-state index in [0.717, 1.165) is 34.7 Å². The van der Waals surface area contributed by atoms with Gasteiger partial charge in [0.1, 0.15) is 19.0 Å². The van der Waals surface area contributed by atoms with Crippen molar-refractivity contribution in [1.82, 2.24) is 5.01 Å². The smallest absolute Gasteiger partial charge is 0.132 e. The summed E-state index contributed by atoms with van der Waals surface area (Å²) in [6.07, 6.45) is 0. The Labute approximate surface area is 155 Å². The Bertz CT molecular complexity index is 791. The predicted octanol–water partition coefficient (Wildman–Crippen LogP) is 4.41. The fraction of sp³-hybridized carbons (Fsp3) is 0.400. The van der Waals surface area contributed by atoms with Crippen LogP contribution in [0.1, 0.15) is 29.2 Å². The summed E-state index contributed by atoms with van der Waals surface area (Å²) in [4.78, 5) is 0. The summed E-state index contributed by atoms with van der Waals surface area (Å²) >= 11 is 0. The van der Waals surface area contributed by atoms with Gasteiger partial charge in [0.25, 0.3) is 0 Å². The molecule has 0 spiro atoms. The molecule has 2 aromatic carbocycles. The van der Waals surface area contributed by atoms with E-state index in [0.29, 0.717) is 19.9 Å². The Balaban J connectivity index is 1.75. The molecule has 1 heterocycles. The lowest BCUT2D eigenvalue weighted by Crippen LogP contribution is -2.23. The molecule has 0 saturated carbocycles. The van der Waals surface area contributed by atoms with E-state index in [1.807, 2.05) is 31.1 Å². The second-order valence-corrected chi connectivity index (χ2v) is 6.48. The summed E-state index contributed by atoms with van der Waals surface area (Å²) in [6.45, 7) is 8.64. The van der Waals surface area contributed by atoms with Gasteiger partial charge in [0.05, 0.1) is 12.3 Å². The van der Waals surface area contributed by atoms with E-state index in [9.17, 15) is 0 Å². The summed E-state index contributed by atoms with van der Waals surface area (Å²) in [7, 11) is 1.91. The first kappa shape index (κ1) is 18.2. The second-order valence-electron chi connectivity index (χ2n) is 6.48. The lowest BCUT2D eigenvalue weighted by molar-refractivity contribution is 0.134. The average Bonchev–Trinajstić information content (AvgIpc) is 3.06. The molecule has 0 atom stereocenters. The molecule has 6 heteroatoms. The lowest BCUT2D eigenvalue weighted by Gasteiger charge is -2.20. The van der Waals surface area contributed by atoms with Gasteiger partial charge in [-0.1, -0.05) is 29.5 Å². The number of hydrogen-bond donors (Lipinski definition) is 0. The Hall–Kier alpha value is -2.60. The highest BCUT2D eigenvalue weighted by molar-refractivity contribution is 5.56. The van der Waals surface area contributed by atoms with Gasteiger partial charge in [-0.25, -0.2) is 5.01 Å². The van der Waals surface area contributed by atoms with Crippen molar-refractivity contribution >= 4 is 5.69 Å². The summed E-state index contributed by atoms with van der Waals surface area (Å²) in [5.74, 6) is 0.889. The molecule has 0 unspecified atom stereocenters. The lowest BCUT2D eigenvalue weighted by atomic mass is 10.1. The molecule has 2 aromatic rings. The van der Waals surface area contributed by atoms with Crippen LogP contribution in [-0.4, -0.2) is 25.3 Å². The molecular weight excluding hydrogens is 328 g/mol. The van der Waals surface area contributed by atoms with E-state index in [2.05, 4.69) is 48.6 Å². The molecule has 6 nitrogen and oxygen atoms in total. The van der Waals surface area contributed by atoms with Crippen LogP contribution in [0.4, 0.5) is 5.69 Å². The molecule has 26 heavy (non-hydrogen) atoms. The van der Waals surface area contributed by atoms with Crippen molar-refractivity contribution in [3.8, 4) is 5.75 Å². The molecule has 1 aliphatic heterocycles. The highest BCUT2D eigenvalue weighted by Crippen LogP contribution is 2.29. The third-order valence-corrected chi connectivity index (χ3v) is 4.39. The van der Waals surface area contributed by atoms with Crippen molar-refractivity contribution in [1.29, 1.82) is 0 Å². The quantitative estimate of drug-likeness (QED) is 0.739. The van der Waals surface area contributed by atoms with Gasteiger partial charge in [-0.2, -0.15) is 0 Å². The second kappa shape index (κ2) is 8.19. The predicted molar refractivity (Wildman–Crippen MR) is 102 cm³/mol. The molecule has 0 N–H and O–H groups in total. The van der Waals surface area contributed by atoms with Gasteiger partial charge in [0, 0.05) is 19.2 Å². The van der Waals surface area contributed by atoms with Crippen molar-refractivity contribution in [2.24, 2.45) is 10.4 Å². The molecule has 0 radical (unpaired) electrons. The first-order valence-corrected chi connectivity index (χ1v) is 8.87. The zero-order valence-electron chi connectivity index (χ0n) is 15.9. The van der Waals surface area contributed by atoms with Gasteiger partial charge in [-0.15, -0.1) is 0 Å². The Kier molecular flexibility index (Phi) is 5.73. The fourth-order valence-electron chi connectivity index (χ4n) is 2.94. The average molecular weight is 354 g/mol. The maximum atomic E-state index is 6.14. The van der Waals surface area contributed by atoms with Crippen LogP contribution >= 0.6 is 0 Å². The summed E-state index contributed by atoms with van der Waals surface area (Å²) in [5.41, 5.74) is 5.60. The van der Waals surface area contributed by atoms with Crippen LogP contribution in [0.5, 0.6) is 5.75 Å². The van der Waals surface area contributed by atoms with Crippen LogP contribution in [0.25, 0.3) is 0 Å². The van der Waals surface area contributed by atoms with Crippen LogP contribution in [-0.2, 0) is 18.0 Å². The third-order valence-electron chi connectivity index (χ3n) is 4.39. The first-order valence-electron chi connectivity index (χ1n) is 8.87. The maximum absolute atomic E-state index is 6.14. The monoisotopic (exact) mass is 354 g/mol. The number of ether oxygens (including phenoxy) is 2. The normalized spacial score (nSPS) is 13.5. The summed E-state index contributed by atoms with van der Waals surface area (Å²) < 4.78 is 11.6. The van der Waals surface area contributed by atoms with E-state index in [1.165, 1.54) is 5.56 Å². The van der Waals surface area contributed by atoms with Gasteiger partial charge in [0.2, 0.25) is 0 Å². The minimum atomic E-state index is 0.489. The summed E-state index contributed by atoms with van der Waals surface area (Å²) in [5, 5.41) is 12.0. The zero-order chi connectivity index (χ0) is 18.5. The van der Waals surface area contributed by atoms with E-state index >= 15 is 0 Å². The molecule has 0 aromatic heterocycles. The number of benzene rings is 2. The Morgan fingerprint density at radius 2 is 1.88 bits per heavy atom. The van der Waals surface area contributed by atoms with Crippen LogP contribution in [0.2, 0.25) is 0 Å². The molecule has 138 valence electrons. The number of anilines is 1. The highest BCUT2D eigenvalue weighted by atomic mass is 16.5. The largest absolute Gasteiger partial charge is 0.489 e. The summed E-state index contributed by atoms with van der Waals surface area (Å²) in [6, 6.07) is 12.4. The zero-order valence-corrected chi connectivity index (χ0v) is 15.9. The van der Waals surface area contributed by atoms with E-state index < -0.39 is 0 Å². The van der Waals surface area contributed by atoms with Crippen molar-refractivity contribution in [2.45, 2.75) is 34.0 Å². The van der Waals surface area contributed by atoms with Crippen LogP contribution in [0.3, 0.4) is 0 Å². The van der Waals surface area contributed by atoms with Crippen molar-refractivity contribution < 1.29 is 9.47 Å². The highest BCUT2D eigenvalue weighted by Gasteiger charge is 2.18. The standard InChI is InChI=1S/C20H26N4O2/c1-5-25-12-17-9-10-20(16(3)11-17)26-13-18-15(2)7-6-8-19(18)24-14-23(4)21-22-24/h6-11H,5,12-14H2,1-4H3. The van der Waals surface area contributed by atoms with Crippen molar-refractivity contribution in [3.05, 3.63) is 58.7 Å². The molecule has 0 amide bonds. The SMILES string of the molecule is CCOCc1ccc(OCc2c(C)cccc2N2CN(C)N=N2)c(C)c1. The minimum absolute atomic E-state index is 0.489. The van der Waals surface area contributed by atoms with Gasteiger partial charge >= 0.3 is 0 Å². The fourth-order valence-corrected chi connectivity index (χ4v) is 2.94. The number of rotatable bonds is 7. The van der Waals surface area contributed by atoms with E-state index in [4.69, 9.17) is 9.47 Å². The van der Waals surface area contributed by atoms with Crippen LogP contribution < -0.4 is 9.75 Å². The number of aryl methyl sites for hydroxylation is 2. The molecule has 0 saturated heterocycles. The van der Waals surface area contributed by atoms with Crippen LogP contribution in [0.15, 0.2) is 46.8 Å². The maximum Gasteiger partial charge on any atom is 0.132 e. The number of hydrogen-bond acceptors (Lipinski definition) is 6. The first-order chi connectivity index (χ1) is 12.6. The topological polar surface area (TPSA) is 49.7 Å². The van der Waals surface area contributed by atoms with Gasteiger partial charge in [-0.05, 0) is 54.8 Å². The Morgan fingerprint density at radius 3 is 2.58 bits per heavy atom. The molecule has 0 fully saturated rings. The van der Waals surface area contributed by atoms with E-state index in [-0.39, 0.29) is 0 Å². The molecule has 3 rings (SSSR count). The molecule has 1 aliphatic rings. The van der Waals surface area contributed by atoms with Crippen molar-refractivity contribution in [3.63, 3.8) is 0 Å².